The smallest absolute Gasteiger partial charge is 0.305 e. The fourth-order valence-electron chi connectivity index (χ4n) is 2.36. The maximum Gasteiger partial charge on any atom is 0.316 e. The molecule has 6 heteroatoms. The van der Waals surface area contributed by atoms with Gasteiger partial charge in [0.05, 0.1) is 13.1 Å². The average Bonchev–Trinajstić information content (AvgIpc) is 2.58. The number of hydrogen-bond donors (Lipinski definition) is 0. The summed E-state index contributed by atoms with van der Waals surface area (Å²) >= 11 is 5.83. The predicted molar refractivity (Wildman–Crippen MR) is 91.0 cm³/mol. The molecule has 0 aliphatic rings. The molecule has 1 heterocycles. The van der Waals surface area contributed by atoms with Gasteiger partial charge in [-0.1, -0.05) is 35.9 Å². The number of halogens is 2. The number of aromatic nitrogens is 2. The Hall–Kier alpha value is -2.66. The Morgan fingerprint density at radius 1 is 0.750 bits per heavy atom. The van der Waals surface area contributed by atoms with Crippen molar-refractivity contribution in [3.05, 3.63) is 104 Å². The van der Waals surface area contributed by atoms with Crippen LogP contribution in [-0.4, -0.2) is 9.13 Å². The fourth-order valence-corrected chi connectivity index (χ4v) is 2.49. The zero-order valence-electron chi connectivity index (χ0n) is 12.7. The molecule has 0 radical (unpaired) electrons. The normalized spacial score (nSPS) is 10.8. The van der Waals surface area contributed by atoms with Crippen LogP contribution in [0.2, 0.25) is 5.02 Å². The average molecular weight is 345 g/mol. The van der Waals surface area contributed by atoms with Crippen molar-refractivity contribution >= 4 is 11.6 Å². The van der Waals surface area contributed by atoms with Gasteiger partial charge in [-0.15, -0.1) is 0 Å². The van der Waals surface area contributed by atoms with Crippen LogP contribution in [0.1, 0.15) is 11.1 Å². The van der Waals surface area contributed by atoms with Gasteiger partial charge in [-0.2, -0.15) is 0 Å². The van der Waals surface area contributed by atoms with Crippen LogP contribution in [0.25, 0.3) is 0 Å². The lowest BCUT2D eigenvalue weighted by molar-refractivity contribution is 0.624. The molecule has 0 spiro atoms. The SMILES string of the molecule is O=c1c(=O)n(Cc2ccc(Cl)cc2)ccn1Cc1ccc(F)cc1. The third-order valence-electron chi connectivity index (χ3n) is 3.66. The van der Waals surface area contributed by atoms with Crippen LogP contribution in [-0.2, 0) is 13.1 Å². The van der Waals surface area contributed by atoms with E-state index in [9.17, 15) is 14.0 Å². The summed E-state index contributed by atoms with van der Waals surface area (Å²) in [6.07, 6.45) is 3.13. The molecule has 1 aromatic heterocycles. The van der Waals surface area contributed by atoms with E-state index in [0.29, 0.717) is 11.6 Å². The molecule has 3 aromatic rings. The Balaban J connectivity index is 1.86. The molecule has 0 N–H and O–H groups in total. The first-order chi connectivity index (χ1) is 11.5. The van der Waals surface area contributed by atoms with Crippen molar-refractivity contribution in [1.29, 1.82) is 0 Å². The zero-order valence-corrected chi connectivity index (χ0v) is 13.4. The summed E-state index contributed by atoms with van der Waals surface area (Å²) in [6, 6.07) is 12.9. The summed E-state index contributed by atoms with van der Waals surface area (Å²) in [7, 11) is 0. The Morgan fingerprint density at radius 2 is 1.17 bits per heavy atom. The molecule has 0 saturated heterocycles. The monoisotopic (exact) mass is 344 g/mol. The van der Waals surface area contributed by atoms with E-state index < -0.39 is 11.1 Å². The van der Waals surface area contributed by atoms with Crippen molar-refractivity contribution < 1.29 is 4.39 Å². The Labute approximate surface area is 142 Å². The molecule has 0 fully saturated rings. The van der Waals surface area contributed by atoms with Crippen LogP contribution < -0.4 is 11.1 Å². The number of hydrogen-bond acceptors (Lipinski definition) is 2. The van der Waals surface area contributed by atoms with Gasteiger partial charge in [0, 0.05) is 17.4 Å². The van der Waals surface area contributed by atoms with Crippen LogP contribution in [0.15, 0.2) is 70.5 Å². The van der Waals surface area contributed by atoms with E-state index in [1.807, 2.05) is 0 Å². The van der Waals surface area contributed by atoms with Crippen molar-refractivity contribution in [1.82, 2.24) is 9.13 Å². The number of rotatable bonds is 4. The number of nitrogens with zero attached hydrogens (tertiary/aromatic N) is 2. The zero-order chi connectivity index (χ0) is 17.1. The highest BCUT2D eigenvalue weighted by Crippen LogP contribution is 2.10. The molecule has 0 bridgehead atoms. The van der Waals surface area contributed by atoms with Gasteiger partial charge in [0.2, 0.25) is 0 Å². The second-order valence-corrected chi connectivity index (χ2v) is 5.85. The van der Waals surface area contributed by atoms with Crippen LogP contribution in [0.3, 0.4) is 0 Å². The quantitative estimate of drug-likeness (QED) is 0.683. The molecule has 0 amide bonds. The van der Waals surface area contributed by atoms with E-state index in [1.165, 1.54) is 21.3 Å². The Kier molecular flexibility index (Phi) is 4.62. The van der Waals surface area contributed by atoms with Crippen molar-refractivity contribution in [2.75, 3.05) is 0 Å². The summed E-state index contributed by atoms with van der Waals surface area (Å²) < 4.78 is 15.6. The summed E-state index contributed by atoms with van der Waals surface area (Å²) in [6.45, 7) is 0.513. The summed E-state index contributed by atoms with van der Waals surface area (Å²) in [5, 5.41) is 0.612. The first-order valence-corrected chi connectivity index (χ1v) is 7.69. The van der Waals surface area contributed by atoms with Gasteiger partial charge in [-0.3, -0.25) is 9.59 Å². The van der Waals surface area contributed by atoms with Gasteiger partial charge in [0.25, 0.3) is 0 Å². The fraction of sp³-hybridized carbons (Fsp3) is 0.111. The lowest BCUT2D eigenvalue weighted by atomic mass is 10.2. The molecule has 122 valence electrons. The third-order valence-corrected chi connectivity index (χ3v) is 3.92. The minimum atomic E-state index is -0.615. The van der Waals surface area contributed by atoms with Gasteiger partial charge in [-0.05, 0) is 35.4 Å². The minimum absolute atomic E-state index is 0.218. The Morgan fingerprint density at radius 3 is 1.62 bits per heavy atom. The molecule has 24 heavy (non-hydrogen) atoms. The molecular formula is C18H14ClFN2O2. The van der Waals surface area contributed by atoms with Crippen molar-refractivity contribution in [3.63, 3.8) is 0 Å². The molecule has 0 unspecified atom stereocenters. The molecule has 3 rings (SSSR count). The van der Waals surface area contributed by atoms with Gasteiger partial charge in [0.15, 0.2) is 0 Å². The first kappa shape index (κ1) is 16.2. The molecule has 2 aromatic carbocycles. The molecule has 4 nitrogen and oxygen atoms in total. The summed E-state index contributed by atoms with van der Waals surface area (Å²) in [5.74, 6) is -0.343. The maximum absolute atomic E-state index is 12.9. The summed E-state index contributed by atoms with van der Waals surface area (Å²) in [4.78, 5) is 24.5. The molecule has 0 saturated carbocycles. The van der Waals surface area contributed by atoms with E-state index in [0.717, 1.165) is 11.1 Å². The topological polar surface area (TPSA) is 44.0 Å². The summed E-state index contributed by atoms with van der Waals surface area (Å²) in [5.41, 5.74) is 0.399. The van der Waals surface area contributed by atoms with E-state index in [4.69, 9.17) is 11.6 Å². The third kappa shape index (κ3) is 3.63. The van der Waals surface area contributed by atoms with E-state index in [1.54, 1.807) is 48.8 Å². The van der Waals surface area contributed by atoms with Crippen LogP contribution in [0, 0.1) is 5.82 Å². The van der Waals surface area contributed by atoms with Gasteiger partial charge in [-0.25, -0.2) is 4.39 Å². The van der Waals surface area contributed by atoms with Crippen molar-refractivity contribution in [3.8, 4) is 0 Å². The van der Waals surface area contributed by atoms with Gasteiger partial charge < -0.3 is 9.13 Å². The predicted octanol–water partition coefficient (Wildman–Crippen LogP) is 2.90. The van der Waals surface area contributed by atoms with E-state index in [2.05, 4.69) is 0 Å². The van der Waals surface area contributed by atoms with Gasteiger partial charge in [0.1, 0.15) is 5.82 Å². The molecular weight excluding hydrogens is 331 g/mol. The molecule has 0 atom stereocenters. The highest BCUT2D eigenvalue weighted by Gasteiger charge is 2.06. The standard InChI is InChI=1S/C18H14ClFN2O2/c19-15-5-1-13(2-6-15)11-21-9-10-22(18(24)17(21)23)12-14-3-7-16(20)8-4-14/h1-10H,11-12H2. The molecule has 0 aliphatic heterocycles. The van der Waals surface area contributed by atoms with Crippen LogP contribution >= 0.6 is 11.6 Å². The van der Waals surface area contributed by atoms with E-state index >= 15 is 0 Å². The second kappa shape index (κ2) is 6.84. The van der Waals surface area contributed by atoms with Gasteiger partial charge >= 0.3 is 11.1 Å². The number of benzene rings is 2. The largest absolute Gasteiger partial charge is 0.316 e. The molecule has 0 aliphatic carbocycles. The van der Waals surface area contributed by atoms with Crippen molar-refractivity contribution in [2.45, 2.75) is 13.1 Å². The maximum atomic E-state index is 12.9. The first-order valence-electron chi connectivity index (χ1n) is 7.32. The van der Waals surface area contributed by atoms with Crippen LogP contribution in [0.4, 0.5) is 4.39 Å². The highest BCUT2D eigenvalue weighted by molar-refractivity contribution is 6.30. The minimum Gasteiger partial charge on any atom is -0.305 e. The lowest BCUT2D eigenvalue weighted by Crippen LogP contribution is -2.40. The van der Waals surface area contributed by atoms with Crippen molar-refractivity contribution in [2.24, 2.45) is 0 Å². The van der Waals surface area contributed by atoms with Crippen LogP contribution in [0.5, 0.6) is 0 Å². The van der Waals surface area contributed by atoms with E-state index in [-0.39, 0.29) is 12.4 Å². The highest BCUT2D eigenvalue weighted by atomic mass is 35.5. The lowest BCUT2D eigenvalue weighted by Gasteiger charge is -2.09. The Bertz CT molecular complexity index is 880. The second-order valence-electron chi connectivity index (χ2n) is 5.42.